The SMILES string of the molecule is COc1cccc(CC(=O)N2CCCN(c3nc(C)nc(C)c3C)CC2)c1. The van der Waals surface area contributed by atoms with Crippen LogP contribution in [0.5, 0.6) is 5.75 Å². The first-order valence-electron chi connectivity index (χ1n) is 9.45. The molecule has 1 saturated heterocycles. The van der Waals surface area contributed by atoms with Crippen LogP contribution in [0.4, 0.5) is 5.82 Å². The number of anilines is 1. The van der Waals surface area contributed by atoms with Crippen molar-refractivity contribution < 1.29 is 9.53 Å². The number of amides is 1. The molecule has 0 atom stereocenters. The third-order valence-electron chi connectivity index (χ3n) is 5.11. The van der Waals surface area contributed by atoms with E-state index in [4.69, 9.17) is 4.74 Å². The summed E-state index contributed by atoms with van der Waals surface area (Å²) in [6, 6.07) is 7.72. The van der Waals surface area contributed by atoms with Crippen LogP contribution in [0.3, 0.4) is 0 Å². The average Bonchev–Trinajstić information content (AvgIpc) is 2.91. The van der Waals surface area contributed by atoms with Gasteiger partial charge in [0, 0.05) is 37.4 Å². The number of aromatic nitrogens is 2. The Hall–Kier alpha value is -2.63. The molecular weight excluding hydrogens is 340 g/mol. The Balaban J connectivity index is 1.67. The van der Waals surface area contributed by atoms with Crippen molar-refractivity contribution in [2.24, 2.45) is 0 Å². The highest BCUT2D eigenvalue weighted by Gasteiger charge is 2.22. The first-order valence-corrected chi connectivity index (χ1v) is 9.45. The molecule has 1 aliphatic heterocycles. The lowest BCUT2D eigenvalue weighted by Gasteiger charge is -2.25. The van der Waals surface area contributed by atoms with E-state index < -0.39 is 0 Å². The molecule has 6 nitrogen and oxygen atoms in total. The maximum absolute atomic E-state index is 12.8. The largest absolute Gasteiger partial charge is 0.497 e. The standard InChI is InChI=1S/C21H28N4O2/c1-15-16(2)22-17(3)23-21(15)25-10-6-9-24(11-12-25)20(26)14-18-7-5-8-19(13-18)27-4/h5,7-8,13H,6,9-12,14H2,1-4H3. The van der Waals surface area contributed by atoms with Crippen LogP contribution in [0.25, 0.3) is 0 Å². The van der Waals surface area contributed by atoms with Gasteiger partial charge in [0.1, 0.15) is 17.4 Å². The predicted molar refractivity (Wildman–Crippen MR) is 106 cm³/mol. The minimum absolute atomic E-state index is 0.164. The van der Waals surface area contributed by atoms with E-state index in [1.54, 1.807) is 7.11 Å². The van der Waals surface area contributed by atoms with Gasteiger partial charge in [-0.2, -0.15) is 0 Å². The van der Waals surface area contributed by atoms with Gasteiger partial charge >= 0.3 is 0 Å². The fraction of sp³-hybridized carbons (Fsp3) is 0.476. The molecule has 0 unspecified atom stereocenters. The van der Waals surface area contributed by atoms with Gasteiger partial charge in [-0.3, -0.25) is 4.79 Å². The van der Waals surface area contributed by atoms with Gasteiger partial charge in [-0.05, 0) is 44.9 Å². The van der Waals surface area contributed by atoms with E-state index in [1.165, 1.54) is 0 Å². The van der Waals surface area contributed by atoms with Gasteiger partial charge in [-0.1, -0.05) is 12.1 Å². The van der Waals surface area contributed by atoms with E-state index in [-0.39, 0.29) is 5.91 Å². The molecule has 3 rings (SSSR count). The quantitative estimate of drug-likeness (QED) is 0.830. The molecule has 0 saturated carbocycles. The maximum Gasteiger partial charge on any atom is 0.227 e. The Bertz CT molecular complexity index is 822. The minimum atomic E-state index is 0.164. The Labute approximate surface area is 161 Å². The molecule has 1 fully saturated rings. The molecule has 1 aromatic heterocycles. The minimum Gasteiger partial charge on any atom is -0.497 e. The smallest absolute Gasteiger partial charge is 0.227 e. The molecule has 1 aromatic carbocycles. The van der Waals surface area contributed by atoms with Crippen molar-refractivity contribution >= 4 is 11.7 Å². The first kappa shape index (κ1) is 19.1. The third kappa shape index (κ3) is 4.56. The first-order chi connectivity index (χ1) is 13.0. The van der Waals surface area contributed by atoms with E-state index in [9.17, 15) is 4.79 Å². The van der Waals surface area contributed by atoms with Crippen LogP contribution in [0.2, 0.25) is 0 Å². The van der Waals surface area contributed by atoms with Crippen molar-refractivity contribution in [3.63, 3.8) is 0 Å². The van der Waals surface area contributed by atoms with Crippen molar-refractivity contribution in [1.82, 2.24) is 14.9 Å². The molecule has 2 aromatic rings. The molecule has 144 valence electrons. The lowest BCUT2D eigenvalue weighted by Crippen LogP contribution is -2.36. The maximum atomic E-state index is 12.8. The number of hydrogen-bond donors (Lipinski definition) is 0. The van der Waals surface area contributed by atoms with Gasteiger partial charge in [0.2, 0.25) is 5.91 Å². The van der Waals surface area contributed by atoms with E-state index in [2.05, 4.69) is 21.8 Å². The lowest BCUT2D eigenvalue weighted by molar-refractivity contribution is -0.130. The monoisotopic (exact) mass is 368 g/mol. The van der Waals surface area contributed by atoms with Crippen LogP contribution in [0.15, 0.2) is 24.3 Å². The Morgan fingerprint density at radius 2 is 1.93 bits per heavy atom. The number of ether oxygens (including phenoxy) is 1. The summed E-state index contributed by atoms with van der Waals surface area (Å²) in [4.78, 5) is 26.1. The zero-order valence-corrected chi connectivity index (χ0v) is 16.7. The van der Waals surface area contributed by atoms with Crippen LogP contribution < -0.4 is 9.64 Å². The molecule has 0 aliphatic carbocycles. The van der Waals surface area contributed by atoms with Crippen LogP contribution in [-0.4, -0.2) is 54.1 Å². The molecule has 0 bridgehead atoms. The van der Waals surface area contributed by atoms with Gasteiger partial charge in [0.05, 0.1) is 13.5 Å². The second-order valence-corrected chi connectivity index (χ2v) is 7.05. The van der Waals surface area contributed by atoms with Gasteiger partial charge in [0.25, 0.3) is 0 Å². The molecular formula is C21H28N4O2. The van der Waals surface area contributed by atoms with Crippen LogP contribution >= 0.6 is 0 Å². The molecule has 1 aliphatic rings. The molecule has 0 spiro atoms. The molecule has 0 radical (unpaired) electrons. The van der Waals surface area contributed by atoms with Crippen LogP contribution in [0, 0.1) is 20.8 Å². The number of rotatable bonds is 4. The fourth-order valence-corrected chi connectivity index (χ4v) is 3.51. The second-order valence-electron chi connectivity index (χ2n) is 7.05. The summed E-state index contributed by atoms with van der Waals surface area (Å²) >= 11 is 0. The zero-order valence-electron chi connectivity index (χ0n) is 16.7. The van der Waals surface area contributed by atoms with Crippen molar-refractivity contribution in [2.45, 2.75) is 33.6 Å². The number of hydrogen-bond acceptors (Lipinski definition) is 5. The number of benzene rings is 1. The van der Waals surface area contributed by atoms with Crippen LogP contribution in [0.1, 0.15) is 29.1 Å². The molecule has 0 N–H and O–H groups in total. The Kier molecular flexibility index (Phi) is 5.94. The summed E-state index contributed by atoms with van der Waals surface area (Å²) in [6.07, 6.45) is 1.34. The number of methoxy groups -OCH3 is 1. The fourth-order valence-electron chi connectivity index (χ4n) is 3.51. The van der Waals surface area contributed by atoms with Gasteiger partial charge in [-0.25, -0.2) is 9.97 Å². The second kappa shape index (κ2) is 8.37. The Morgan fingerprint density at radius 3 is 2.70 bits per heavy atom. The number of carbonyl (C=O) groups is 1. The molecule has 1 amide bonds. The van der Waals surface area contributed by atoms with Crippen molar-refractivity contribution in [2.75, 3.05) is 38.2 Å². The third-order valence-corrected chi connectivity index (χ3v) is 5.11. The molecule has 2 heterocycles. The summed E-state index contributed by atoms with van der Waals surface area (Å²) in [5.74, 6) is 2.74. The number of carbonyl (C=O) groups excluding carboxylic acids is 1. The van der Waals surface area contributed by atoms with Crippen LogP contribution in [-0.2, 0) is 11.2 Å². The van der Waals surface area contributed by atoms with Crippen molar-refractivity contribution in [3.05, 3.63) is 46.9 Å². The highest BCUT2D eigenvalue weighted by Crippen LogP contribution is 2.21. The molecule has 6 heteroatoms. The van der Waals surface area contributed by atoms with Gasteiger partial charge in [0.15, 0.2) is 0 Å². The van der Waals surface area contributed by atoms with Crippen molar-refractivity contribution in [3.8, 4) is 5.75 Å². The summed E-state index contributed by atoms with van der Waals surface area (Å²) in [6.45, 7) is 9.21. The average molecular weight is 368 g/mol. The number of nitrogens with zero attached hydrogens (tertiary/aromatic N) is 4. The summed E-state index contributed by atoms with van der Waals surface area (Å²) in [5.41, 5.74) is 3.13. The van der Waals surface area contributed by atoms with E-state index in [0.717, 1.165) is 60.3 Å². The lowest BCUT2D eigenvalue weighted by atomic mass is 10.1. The van der Waals surface area contributed by atoms with Crippen molar-refractivity contribution in [1.29, 1.82) is 0 Å². The normalized spacial score (nSPS) is 14.8. The predicted octanol–water partition coefficient (Wildman–Crippen LogP) is 2.69. The van der Waals surface area contributed by atoms with E-state index in [0.29, 0.717) is 13.0 Å². The van der Waals surface area contributed by atoms with E-state index >= 15 is 0 Å². The summed E-state index contributed by atoms with van der Waals surface area (Å²) in [5, 5.41) is 0. The van der Waals surface area contributed by atoms with E-state index in [1.807, 2.05) is 43.0 Å². The Morgan fingerprint density at radius 1 is 1.11 bits per heavy atom. The number of aryl methyl sites for hydroxylation is 2. The summed E-state index contributed by atoms with van der Waals surface area (Å²) in [7, 11) is 1.64. The molecule has 27 heavy (non-hydrogen) atoms. The highest BCUT2D eigenvalue weighted by atomic mass is 16.5. The summed E-state index contributed by atoms with van der Waals surface area (Å²) < 4.78 is 5.25. The highest BCUT2D eigenvalue weighted by molar-refractivity contribution is 5.79. The topological polar surface area (TPSA) is 58.6 Å². The van der Waals surface area contributed by atoms with Gasteiger partial charge < -0.3 is 14.5 Å². The van der Waals surface area contributed by atoms with Gasteiger partial charge in [-0.15, -0.1) is 0 Å². The zero-order chi connectivity index (χ0) is 19.4.